The number of ether oxygens (including phenoxy) is 2. The predicted octanol–water partition coefficient (Wildman–Crippen LogP) is 6.59. The van der Waals surface area contributed by atoms with E-state index in [0.717, 1.165) is 60.3 Å². The number of piperidine rings is 1. The minimum Gasteiger partial charge on any atom is -0.462 e. The Morgan fingerprint density at radius 1 is 1.07 bits per heavy atom. The van der Waals surface area contributed by atoms with E-state index in [2.05, 4.69) is 26.3 Å². The fourth-order valence-corrected chi connectivity index (χ4v) is 5.37. The van der Waals surface area contributed by atoms with Gasteiger partial charge in [0.1, 0.15) is 11.3 Å². The maximum absolute atomic E-state index is 12.8. The molecule has 45 heavy (non-hydrogen) atoms. The first kappa shape index (κ1) is 31.1. The topological polar surface area (TPSA) is 144 Å². The molecule has 0 bridgehead atoms. The maximum atomic E-state index is 12.8. The number of benzene rings is 3. The van der Waals surface area contributed by atoms with Crippen LogP contribution in [0, 0.1) is 35.3 Å². The average Bonchev–Trinajstić information content (AvgIpc) is 3.04. The van der Waals surface area contributed by atoms with Crippen molar-refractivity contribution in [2.75, 3.05) is 25.0 Å². The van der Waals surface area contributed by atoms with Gasteiger partial charge in [-0.25, -0.2) is 9.78 Å². The highest BCUT2D eigenvalue weighted by molar-refractivity contribution is 5.91. The summed E-state index contributed by atoms with van der Waals surface area (Å²) in [6.07, 6.45) is 3.13. The summed E-state index contributed by atoms with van der Waals surface area (Å²) in [7, 11) is 0. The van der Waals surface area contributed by atoms with Crippen LogP contribution in [0.4, 0.5) is 11.6 Å². The lowest BCUT2D eigenvalue weighted by molar-refractivity contribution is -0.384. The molecule has 11 nitrogen and oxygen atoms in total. The third-order valence-electron chi connectivity index (χ3n) is 7.73. The minimum atomic E-state index is -0.567. The molecule has 1 aliphatic rings. The number of nitriles is 1. The van der Waals surface area contributed by atoms with Crippen LogP contribution in [0.2, 0.25) is 0 Å². The molecule has 0 aliphatic carbocycles. The molecule has 11 heteroatoms. The first-order valence-corrected chi connectivity index (χ1v) is 14.8. The van der Waals surface area contributed by atoms with Gasteiger partial charge in [0.05, 0.1) is 29.4 Å². The fourth-order valence-electron chi connectivity index (χ4n) is 5.37. The molecule has 2 heterocycles. The Morgan fingerprint density at radius 2 is 1.73 bits per heavy atom. The van der Waals surface area contributed by atoms with Gasteiger partial charge in [-0.1, -0.05) is 24.3 Å². The van der Waals surface area contributed by atoms with Crippen molar-refractivity contribution in [2.24, 2.45) is 0 Å². The number of nitrogens with one attached hydrogen (secondary N) is 1. The van der Waals surface area contributed by atoms with E-state index in [1.807, 2.05) is 38.1 Å². The van der Waals surface area contributed by atoms with E-state index in [0.29, 0.717) is 17.3 Å². The van der Waals surface area contributed by atoms with Crippen LogP contribution in [0.5, 0.6) is 11.6 Å². The van der Waals surface area contributed by atoms with E-state index in [1.165, 1.54) is 18.3 Å². The van der Waals surface area contributed by atoms with E-state index in [9.17, 15) is 14.9 Å². The molecule has 230 valence electrons. The number of nitro benzene ring substituents is 1. The molecule has 1 fully saturated rings. The number of nitrogens with zero attached hydrogens (tertiary/aromatic N) is 5. The zero-order valence-corrected chi connectivity index (χ0v) is 25.4. The van der Waals surface area contributed by atoms with Gasteiger partial charge in [0, 0.05) is 37.8 Å². The summed E-state index contributed by atoms with van der Waals surface area (Å²) < 4.78 is 11.6. The summed E-state index contributed by atoms with van der Waals surface area (Å²) in [6, 6.07) is 20.3. The van der Waals surface area contributed by atoms with Crippen LogP contribution in [0.15, 0.2) is 66.9 Å². The highest BCUT2D eigenvalue weighted by atomic mass is 16.6. The monoisotopic (exact) mass is 606 g/mol. The van der Waals surface area contributed by atoms with Gasteiger partial charge >= 0.3 is 5.97 Å². The van der Waals surface area contributed by atoms with Crippen LogP contribution in [-0.4, -0.2) is 51.5 Å². The number of anilines is 1. The summed E-state index contributed by atoms with van der Waals surface area (Å²) in [4.78, 5) is 34.7. The van der Waals surface area contributed by atoms with Gasteiger partial charge in [0.15, 0.2) is 0 Å². The van der Waals surface area contributed by atoms with Crippen molar-refractivity contribution in [3.8, 4) is 28.8 Å². The Morgan fingerprint density at radius 3 is 2.33 bits per heavy atom. The molecule has 0 saturated carbocycles. The number of carbonyl (C=O) groups excluding carboxylic acids is 1. The number of esters is 1. The average molecular weight is 607 g/mol. The third-order valence-corrected chi connectivity index (χ3v) is 7.73. The standard InChI is InChI=1S/C34H34N6O5/c1-4-44-33(41)30-20-36-34(37-28-13-15-39(16-14-28)21-25-7-11-29(12-8-25)40(42)43)38-32(30)45-31-22(2)17-27(18-23(31)3)26-9-5-24(19-35)6-10-26/h5-12,17-18,20,28H,4,13-16,21H2,1-3H3,(H,36,37,38). The van der Waals surface area contributed by atoms with Crippen molar-refractivity contribution in [1.29, 1.82) is 5.26 Å². The molecule has 0 amide bonds. The van der Waals surface area contributed by atoms with Crippen LogP contribution in [-0.2, 0) is 11.3 Å². The molecule has 0 atom stereocenters. The van der Waals surface area contributed by atoms with Gasteiger partial charge in [0.2, 0.25) is 11.8 Å². The van der Waals surface area contributed by atoms with Crippen LogP contribution < -0.4 is 10.1 Å². The lowest BCUT2D eigenvalue weighted by Gasteiger charge is -2.32. The molecule has 0 unspecified atom stereocenters. The molecule has 1 N–H and O–H groups in total. The number of likely N-dealkylation sites (tertiary alicyclic amines) is 1. The molecule has 1 aromatic heterocycles. The summed E-state index contributed by atoms with van der Waals surface area (Å²) in [5.74, 6) is 0.487. The second-order valence-corrected chi connectivity index (χ2v) is 11.0. The number of carbonyl (C=O) groups is 1. The van der Waals surface area contributed by atoms with Gasteiger partial charge in [-0.2, -0.15) is 10.2 Å². The van der Waals surface area contributed by atoms with Gasteiger partial charge in [-0.3, -0.25) is 15.0 Å². The highest BCUT2D eigenvalue weighted by Crippen LogP contribution is 2.34. The summed E-state index contributed by atoms with van der Waals surface area (Å²) in [6.45, 7) is 8.20. The molecule has 3 aromatic carbocycles. The van der Waals surface area contributed by atoms with Crippen LogP contribution in [0.25, 0.3) is 11.1 Å². The molecule has 0 radical (unpaired) electrons. The number of nitro groups is 1. The Balaban J connectivity index is 1.29. The largest absolute Gasteiger partial charge is 0.462 e. The number of aryl methyl sites for hydroxylation is 2. The van der Waals surface area contributed by atoms with Crippen LogP contribution in [0.3, 0.4) is 0 Å². The maximum Gasteiger partial charge on any atom is 0.345 e. The van der Waals surface area contributed by atoms with Crippen molar-refractivity contribution < 1.29 is 19.2 Å². The molecule has 5 rings (SSSR count). The number of aromatic nitrogens is 2. The van der Waals surface area contributed by atoms with Gasteiger partial charge < -0.3 is 14.8 Å². The number of hydrogen-bond donors (Lipinski definition) is 1. The summed E-state index contributed by atoms with van der Waals surface area (Å²) >= 11 is 0. The Hall–Kier alpha value is -5.34. The van der Waals surface area contributed by atoms with Crippen molar-refractivity contribution >= 4 is 17.6 Å². The SMILES string of the molecule is CCOC(=O)c1cnc(NC2CCN(Cc3ccc([N+](=O)[O-])cc3)CC2)nc1Oc1c(C)cc(-c2ccc(C#N)cc2)cc1C. The second-order valence-electron chi connectivity index (χ2n) is 11.0. The predicted molar refractivity (Wildman–Crippen MR) is 169 cm³/mol. The summed E-state index contributed by atoms with van der Waals surface area (Å²) in [5, 5.41) is 23.4. The Kier molecular flexibility index (Phi) is 9.65. The van der Waals surface area contributed by atoms with E-state index in [1.54, 1.807) is 31.2 Å². The van der Waals surface area contributed by atoms with Gasteiger partial charge in [0.25, 0.3) is 5.69 Å². The first-order valence-electron chi connectivity index (χ1n) is 14.8. The minimum absolute atomic E-state index is 0.0874. The van der Waals surface area contributed by atoms with E-state index >= 15 is 0 Å². The van der Waals surface area contributed by atoms with E-state index < -0.39 is 10.9 Å². The number of hydrogen-bond acceptors (Lipinski definition) is 10. The quantitative estimate of drug-likeness (QED) is 0.119. The molecular weight excluding hydrogens is 572 g/mol. The zero-order valence-electron chi connectivity index (χ0n) is 25.4. The van der Waals surface area contributed by atoms with E-state index in [4.69, 9.17) is 14.7 Å². The molecule has 0 spiro atoms. The fraction of sp³-hybridized carbons (Fsp3) is 0.294. The molecular formula is C34H34N6O5. The molecule has 1 saturated heterocycles. The molecule has 4 aromatic rings. The van der Waals surface area contributed by atoms with Crippen molar-refractivity contribution in [3.63, 3.8) is 0 Å². The van der Waals surface area contributed by atoms with Crippen molar-refractivity contribution in [2.45, 2.75) is 46.2 Å². The first-order chi connectivity index (χ1) is 21.7. The number of non-ortho nitro benzene ring substituents is 1. The highest BCUT2D eigenvalue weighted by Gasteiger charge is 2.23. The second kappa shape index (κ2) is 14.0. The van der Waals surface area contributed by atoms with Gasteiger partial charge in [-0.05, 0) is 85.7 Å². The Bertz CT molecular complexity index is 1700. The van der Waals surface area contributed by atoms with Crippen molar-refractivity contribution in [3.05, 3.63) is 105 Å². The Labute approximate surface area is 261 Å². The normalized spacial score (nSPS) is 13.6. The van der Waals surface area contributed by atoms with E-state index in [-0.39, 0.29) is 29.8 Å². The lowest BCUT2D eigenvalue weighted by atomic mass is 9.99. The molecule has 1 aliphatic heterocycles. The van der Waals surface area contributed by atoms with Crippen LogP contribution in [0.1, 0.15) is 52.4 Å². The number of rotatable bonds is 10. The smallest absolute Gasteiger partial charge is 0.345 e. The lowest BCUT2D eigenvalue weighted by Crippen LogP contribution is -2.39. The van der Waals surface area contributed by atoms with Crippen LogP contribution >= 0.6 is 0 Å². The van der Waals surface area contributed by atoms with Gasteiger partial charge in [-0.15, -0.1) is 0 Å². The third kappa shape index (κ3) is 7.60. The zero-order chi connectivity index (χ0) is 31.9. The summed E-state index contributed by atoms with van der Waals surface area (Å²) in [5.41, 5.74) is 5.53. The van der Waals surface area contributed by atoms with Crippen molar-refractivity contribution in [1.82, 2.24) is 14.9 Å².